The molecule has 0 aromatic heterocycles. The van der Waals surface area contributed by atoms with Crippen molar-refractivity contribution >= 4 is 29.9 Å². The van der Waals surface area contributed by atoms with Crippen molar-refractivity contribution in [2.45, 2.75) is 45.1 Å². The van der Waals surface area contributed by atoms with Crippen LogP contribution in [0.5, 0.6) is 0 Å². The number of carbonyl (C=O) groups excluding carboxylic acids is 2. The average Bonchev–Trinajstić information content (AvgIpc) is 3.49. The van der Waals surface area contributed by atoms with Gasteiger partial charge in [-0.3, -0.25) is 9.59 Å². The number of hydrogen-bond donors (Lipinski definition) is 3. The molecule has 136 valence electrons. The van der Waals surface area contributed by atoms with Gasteiger partial charge >= 0.3 is 0 Å². The largest absolute Gasteiger partial charge is 0.349 e. The van der Waals surface area contributed by atoms with Gasteiger partial charge in [-0.1, -0.05) is 6.07 Å². The van der Waals surface area contributed by atoms with Crippen LogP contribution >= 0.6 is 12.4 Å². The molecule has 1 atom stereocenters. The van der Waals surface area contributed by atoms with Crippen molar-refractivity contribution in [1.29, 1.82) is 0 Å². The lowest BCUT2D eigenvalue weighted by atomic mass is 9.91. The first kappa shape index (κ1) is 18.2. The number of rotatable bonds is 4. The minimum Gasteiger partial charge on any atom is -0.349 e. The number of aryl methyl sites for hydroxylation is 1. The molecule has 1 heterocycles. The highest BCUT2D eigenvalue weighted by Gasteiger charge is 2.57. The maximum absolute atomic E-state index is 12.6. The van der Waals surface area contributed by atoms with E-state index >= 15 is 0 Å². The molecule has 3 aliphatic rings. The molecular formula is C19H26ClN3O2. The second kappa shape index (κ2) is 6.96. The molecule has 3 fully saturated rings. The van der Waals surface area contributed by atoms with Crippen molar-refractivity contribution in [2.24, 2.45) is 11.3 Å². The lowest BCUT2D eigenvalue weighted by molar-refractivity contribution is -0.118. The van der Waals surface area contributed by atoms with E-state index < -0.39 is 0 Å². The zero-order valence-electron chi connectivity index (χ0n) is 14.6. The number of nitrogens with one attached hydrogen (secondary N) is 3. The summed E-state index contributed by atoms with van der Waals surface area (Å²) in [4.78, 5) is 24.8. The van der Waals surface area contributed by atoms with E-state index in [9.17, 15) is 9.59 Å². The monoisotopic (exact) mass is 363 g/mol. The third-order valence-corrected chi connectivity index (χ3v) is 5.78. The van der Waals surface area contributed by atoms with E-state index in [0.29, 0.717) is 11.6 Å². The van der Waals surface area contributed by atoms with E-state index in [2.05, 4.69) is 16.0 Å². The average molecular weight is 364 g/mol. The number of benzene rings is 1. The fourth-order valence-electron chi connectivity index (χ4n) is 3.81. The van der Waals surface area contributed by atoms with Crippen molar-refractivity contribution in [3.8, 4) is 0 Å². The molecule has 2 saturated carbocycles. The highest BCUT2D eigenvalue weighted by atomic mass is 35.5. The molecule has 5 nitrogen and oxygen atoms in total. The molecule has 0 bridgehead atoms. The normalized spacial score (nSPS) is 23.5. The van der Waals surface area contributed by atoms with Crippen molar-refractivity contribution < 1.29 is 9.59 Å². The summed E-state index contributed by atoms with van der Waals surface area (Å²) in [5.41, 5.74) is 2.60. The number of hydrogen-bond acceptors (Lipinski definition) is 3. The standard InChI is InChI=1S/C19H25N3O2.ClH/c1-12-2-3-13(17(23)21-14-4-5-14)10-16(12)22-18(24)15-11-19(15)6-8-20-9-7-19;/h2-3,10,14-15,20H,4-9,11H2,1H3,(H,21,23)(H,22,24);1H. The van der Waals surface area contributed by atoms with Crippen LogP contribution in [0.4, 0.5) is 5.69 Å². The Labute approximate surface area is 154 Å². The number of piperidine rings is 1. The van der Waals surface area contributed by atoms with Gasteiger partial charge in [0.05, 0.1) is 0 Å². The number of carbonyl (C=O) groups is 2. The van der Waals surface area contributed by atoms with Gasteiger partial charge in [0.2, 0.25) is 5.91 Å². The van der Waals surface area contributed by atoms with Gasteiger partial charge in [-0.05, 0) is 75.2 Å². The Kier molecular flexibility index (Phi) is 5.07. The van der Waals surface area contributed by atoms with Crippen LogP contribution in [0.2, 0.25) is 0 Å². The van der Waals surface area contributed by atoms with Gasteiger partial charge in [-0.15, -0.1) is 12.4 Å². The summed E-state index contributed by atoms with van der Waals surface area (Å²) < 4.78 is 0. The molecule has 2 aliphatic carbocycles. The molecule has 25 heavy (non-hydrogen) atoms. The van der Waals surface area contributed by atoms with Crippen molar-refractivity contribution in [2.75, 3.05) is 18.4 Å². The molecule has 1 saturated heterocycles. The Hall–Kier alpha value is -1.59. The second-order valence-corrected chi connectivity index (χ2v) is 7.64. The van der Waals surface area contributed by atoms with Gasteiger partial charge < -0.3 is 16.0 Å². The van der Waals surface area contributed by atoms with E-state index in [-0.39, 0.29) is 35.6 Å². The van der Waals surface area contributed by atoms with Crippen LogP contribution in [-0.2, 0) is 4.79 Å². The first-order chi connectivity index (χ1) is 11.6. The fraction of sp³-hybridized carbons (Fsp3) is 0.579. The van der Waals surface area contributed by atoms with Crippen LogP contribution in [0.1, 0.15) is 48.0 Å². The molecule has 1 aliphatic heterocycles. The van der Waals surface area contributed by atoms with Crippen molar-refractivity contribution in [3.05, 3.63) is 29.3 Å². The van der Waals surface area contributed by atoms with Crippen LogP contribution in [-0.4, -0.2) is 30.9 Å². The summed E-state index contributed by atoms with van der Waals surface area (Å²) >= 11 is 0. The lowest BCUT2D eigenvalue weighted by Crippen LogP contribution is -2.31. The molecular weight excluding hydrogens is 338 g/mol. The number of amides is 2. The first-order valence-electron chi connectivity index (χ1n) is 9.00. The minimum absolute atomic E-state index is 0. The highest BCUT2D eigenvalue weighted by molar-refractivity contribution is 5.99. The van der Waals surface area contributed by atoms with E-state index in [1.807, 2.05) is 25.1 Å². The molecule has 6 heteroatoms. The Morgan fingerprint density at radius 2 is 1.92 bits per heavy atom. The van der Waals surface area contributed by atoms with Crippen LogP contribution in [0.3, 0.4) is 0 Å². The topological polar surface area (TPSA) is 70.2 Å². The van der Waals surface area contributed by atoms with Gasteiger partial charge in [0.1, 0.15) is 0 Å². The molecule has 3 N–H and O–H groups in total. The number of anilines is 1. The predicted molar refractivity (Wildman–Crippen MR) is 100 cm³/mol. The van der Waals surface area contributed by atoms with Crippen molar-refractivity contribution in [3.63, 3.8) is 0 Å². The summed E-state index contributed by atoms with van der Waals surface area (Å²) in [5, 5.41) is 9.42. The van der Waals surface area contributed by atoms with Gasteiger partial charge in [0.25, 0.3) is 5.91 Å². The maximum atomic E-state index is 12.6. The molecule has 0 radical (unpaired) electrons. The van der Waals surface area contributed by atoms with Gasteiger partial charge in [0.15, 0.2) is 0 Å². The van der Waals surface area contributed by atoms with Crippen LogP contribution in [0, 0.1) is 18.3 Å². The van der Waals surface area contributed by atoms with Crippen LogP contribution in [0.15, 0.2) is 18.2 Å². The van der Waals surface area contributed by atoms with E-state index in [0.717, 1.165) is 56.4 Å². The zero-order valence-corrected chi connectivity index (χ0v) is 15.4. The Bertz CT molecular complexity index is 681. The minimum atomic E-state index is -0.0470. The first-order valence-corrected chi connectivity index (χ1v) is 9.00. The molecule has 2 amide bonds. The molecule has 4 rings (SSSR count). The maximum Gasteiger partial charge on any atom is 0.251 e. The molecule has 1 unspecified atom stereocenters. The quantitative estimate of drug-likeness (QED) is 0.770. The Morgan fingerprint density at radius 1 is 1.20 bits per heavy atom. The van der Waals surface area contributed by atoms with E-state index in [1.54, 1.807) is 0 Å². The summed E-state index contributed by atoms with van der Waals surface area (Å²) in [6.07, 6.45) is 5.32. The predicted octanol–water partition coefficient (Wildman–Crippen LogP) is 2.64. The van der Waals surface area contributed by atoms with Crippen molar-refractivity contribution in [1.82, 2.24) is 10.6 Å². The number of halogens is 1. The van der Waals surface area contributed by atoms with Gasteiger partial charge in [-0.25, -0.2) is 0 Å². The lowest BCUT2D eigenvalue weighted by Gasteiger charge is -2.23. The summed E-state index contributed by atoms with van der Waals surface area (Å²) in [6, 6.07) is 5.88. The Balaban J connectivity index is 0.00000182. The summed E-state index contributed by atoms with van der Waals surface area (Å²) in [5.74, 6) is 0.192. The summed E-state index contributed by atoms with van der Waals surface area (Å²) in [7, 11) is 0. The smallest absolute Gasteiger partial charge is 0.251 e. The van der Waals surface area contributed by atoms with Crippen LogP contribution in [0.25, 0.3) is 0 Å². The molecule has 1 spiro atoms. The van der Waals surface area contributed by atoms with E-state index in [4.69, 9.17) is 0 Å². The van der Waals surface area contributed by atoms with Gasteiger partial charge in [-0.2, -0.15) is 0 Å². The third-order valence-electron chi connectivity index (χ3n) is 5.78. The Morgan fingerprint density at radius 3 is 2.60 bits per heavy atom. The zero-order chi connectivity index (χ0) is 16.7. The molecule has 1 aromatic carbocycles. The van der Waals surface area contributed by atoms with Crippen LogP contribution < -0.4 is 16.0 Å². The second-order valence-electron chi connectivity index (χ2n) is 7.64. The fourth-order valence-corrected chi connectivity index (χ4v) is 3.81. The SMILES string of the molecule is Cc1ccc(C(=O)NC2CC2)cc1NC(=O)C1CC12CCNCC2.Cl. The summed E-state index contributed by atoms with van der Waals surface area (Å²) in [6.45, 7) is 3.99. The third kappa shape index (κ3) is 3.82. The van der Waals surface area contributed by atoms with Gasteiger partial charge in [0, 0.05) is 23.2 Å². The van der Waals surface area contributed by atoms with E-state index in [1.165, 1.54) is 0 Å². The molecule has 1 aromatic rings. The highest BCUT2D eigenvalue weighted by Crippen LogP contribution is 2.58.